The fraction of sp³-hybridized carbons (Fsp3) is 0.269. The molecule has 0 saturated carbocycles. The Morgan fingerprint density at radius 3 is 2.41 bits per heavy atom. The number of rotatable bonds is 7. The Labute approximate surface area is 186 Å². The molecule has 0 saturated heterocycles. The molecule has 32 heavy (non-hydrogen) atoms. The Morgan fingerprint density at radius 2 is 1.81 bits per heavy atom. The maximum atomic E-state index is 13.4. The minimum Gasteiger partial charge on any atom is -0.396 e. The smallest absolute Gasteiger partial charge is 0.247 e. The van der Waals surface area contributed by atoms with E-state index in [2.05, 4.69) is 28.9 Å². The van der Waals surface area contributed by atoms with Gasteiger partial charge in [0.2, 0.25) is 5.56 Å². The van der Waals surface area contributed by atoms with Crippen LogP contribution in [0.5, 0.6) is 0 Å². The second kappa shape index (κ2) is 9.51. The fourth-order valence-electron chi connectivity index (χ4n) is 4.03. The minimum atomic E-state index is -0.680. The van der Waals surface area contributed by atoms with E-state index >= 15 is 0 Å². The van der Waals surface area contributed by atoms with E-state index in [4.69, 9.17) is 4.74 Å². The second-order valence-corrected chi connectivity index (χ2v) is 8.07. The highest BCUT2D eigenvalue weighted by molar-refractivity contribution is 5.62. The molecule has 0 spiro atoms. The zero-order valence-corrected chi connectivity index (χ0v) is 18.0. The van der Waals surface area contributed by atoms with Gasteiger partial charge < -0.3 is 19.7 Å². The summed E-state index contributed by atoms with van der Waals surface area (Å²) >= 11 is 0. The van der Waals surface area contributed by atoms with Crippen LogP contribution in [0.1, 0.15) is 36.9 Å². The van der Waals surface area contributed by atoms with Crippen molar-refractivity contribution in [2.75, 3.05) is 13.3 Å². The van der Waals surface area contributed by atoms with Gasteiger partial charge in [-0.1, -0.05) is 36.4 Å². The van der Waals surface area contributed by atoms with Crippen LogP contribution in [0.2, 0.25) is 0 Å². The van der Waals surface area contributed by atoms with Crippen molar-refractivity contribution in [3.63, 3.8) is 0 Å². The van der Waals surface area contributed by atoms with E-state index in [1.165, 1.54) is 18.2 Å². The van der Waals surface area contributed by atoms with Gasteiger partial charge in [0, 0.05) is 25.1 Å². The van der Waals surface area contributed by atoms with Crippen LogP contribution in [0.4, 0.5) is 4.39 Å². The van der Waals surface area contributed by atoms with Crippen LogP contribution in [0.3, 0.4) is 0 Å². The van der Waals surface area contributed by atoms with E-state index in [0.717, 1.165) is 22.3 Å². The quantitative estimate of drug-likeness (QED) is 0.565. The summed E-state index contributed by atoms with van der Waals surface area (Å²) in [6.45, 7) is 2.56. The number of hydrogen-bond acceptors (Lipinski definition) is 4. The maximum Gasteiger partial charge on any atom is 0.247 e. The molecular formula is C26H27FN2O3. The van der Waals surface area contributed by atoms with Crippen molar-refractivity contribution in [3.8, 4) is 11.1 Å². The van der Waals surface area contributed by atoms with Crippen molar-refractivity contribution in [1.29, 1.82) is 0 Å². The molecule has 0 fully saturated rings. The Kier molecular flexibility index (Phi) is 6.53. The van der Waals surface area contributed by atoms with E-state index in [0.29, 0.717) is 19.6 Å². The Bertz CT molecular complexity index is 1100. The molecule has 166 valence electrons. The number of aromatic nitrogens is 1. The van der Waals surface area contributed by atoms with Crippen LogP contribution < -0.4 is 5.56 Å². The SMILES string of the molecule is C[C@@H](c1ccc(-c2ccc(=O)[nH]c2)cc1)N1C=C[C@](CCCO)(c2ccc(F)cc2)OC1. The predicted octanol–water partition coefficient (Wildman–Crippen LogP) is 4.71. The number of nitrogens with zero attached hydrogens (tertiary/aromatic N) is 1. The number of pyridine rings is 1. The van der Waals surface area contributed by atoms with E-state index < -0.39 is 5.60 Å². The molecule has 3 aromatic rings. The monoisotopic (exact) mass is 434 g/mol. The zero-order chi connectivity index (χ0) is 22.6. The topological polar surface area (TPSA) is 65.6 Å². The highest BCUT2D eigenvalue weighted by Crippen LogP contribution is 2.37. The Morgan fingerprint density at radius 1 is 1.09 bits per heavy atom. The highest BCUT2D eigenvalue weighted by atomic mass is 19.1. The Hall–Kier alpha value is -3.22. The van der Waals surface area contributed by atoms with Gasteiger partial charge in [0.05, 0.1) is 6.04 Å². The normalized spacial score (nSPS) is 19.2. The number of halogens is 1. The first-order valence-corrected chi connectivity index (χ1v) is 10.8. The Balaban J connectivity index is 1.52. The third-order valence-electron chi connectivity index (χ3n) is 6.05. The van der Waals surface area contributed by atoms with Gasteiger partial charge in [-0.25, -0.2) is 4.39 Å². The molecule has 2 N–H and O–H groups in total. The van der Waals surface area contributed by atoms with Gasteiger partial charge in [0.1, 0.15) is 18.1 Å². The number of H-pyrrole nitrogens is 1. The first-order valence-electron chi connectivity index (χ1n) is 10.8. The van der Waals surface area contributed by atoms with E-state index in [9.17, 15) is 14.3 Å². The summed E-state index contributed by atoms with van der Waals surface area (Å²) in [7, 11) is 0. The van der Waals surface area contributed by atoms with E-state index in [-0.39, 0.29) is 24.0 Å². The molecule has 6 heteroatoms. The van der Waals surface area contributed by atoms with Crippen LogP contribution in [-0.2, 0) is 10.3 Å². The molecule has 1 aliphatic heterocycles. The molecule has 0 bridgehead atoms. The minimum absolute atomic E-state index is 0.0713. The van der Waals surface area contributed by atoms with Crippen molar-refractivity contribution in [3.05, 3.63) is 106 Å². The summed E-state index contributed by atoms with van der Waals surface area (Å²) in [5.74, 6) is -0.286. The van der Waals surface area contributed by atoms with Gasteiger partial charge in [-0.15, -0.1) is 0 Å². The molecule has 1 aliphatic rings. The number of aliphatic hydroxyl groups excluding tert-OH is 1. The average Bonchev–Trinajstić information content (AvgIpc) is 2.84. The third-order valence-corrected chi connectivity index (χ3v) is 6.05. The summed E-state index contributed by atoms with van der Waals surface area (Å²) in [4.78, 5) is 16.1. The van der Waals surface area contributed by atoms with Crippen LogP contribution in [-0.4, -0.2) is 28.3 Å². The molecule has 1 aromatic heterocycles. The molecule has 4 rings (SSSR count). The fourth-order valence-corrected chi connectivity index (χ4v) is 4.03. The van der Waals surface area contributed by atoms with Gasteiger partial charge in [0.15, 0.2) is 0 Å². The summed E-state index contributed by atoms with van der Waals surface area (Å²) < 4.78 is 19.7. The van der Waals surface area contributed by atoms with Crippen LogP contribution >= 0.6 is 0 Å². The molecular weight excluding hydrogens is 407 g/mol. The maximum absolute atomic E-state index is 13.4. The first kappa shape index (κ1) is 22.0. The summed E-state index contributed by atoms with van der Waals surface area (Å²) in [5.41, 5.74) is 3.20. The first-order chi connectivity index (χ1) is 15.5. The molecule has 2 aromatic carbocycles. The lowest BCUT2D eigenvalue weighted by Gasteiger charge is -2.40. The number of ether oxygens (including phenoxy) is 1. The average molecular weight is 435 g/mol. The van der Waals surface area contributed by atoms with Crippen molar-refractivity contribution in [2.24, 2.45) is 0 Å². The molecule has 0 amide bonds. The summed E-state index contributed by atoms with van der Waals surface area (Å²) in [6.07, 6.45) is 6.95. The van der Waals surface area contributed by atoms with Crippen molar-refractivity contribution in [2.45, 2.75) is 31.4 Å². The molecule has 2 heterocycles. The number of benzene rings is 2. The van der Waals surface area contributed by atoms with Gasteiger partial charge >= 0.3 is 0 Å². The summed E-state index contributed by atoms with van der Waals surface area (Å²) in [6, 6.07) is 18.0. The van der Waals surface area contributed by atoms with Gasteiger partial charge in [0.25, 0.3) is 0 Å². The lowest BCUT2D eigenvalue weighted by molar-refractivity contribution is -0.0887. The lowest BCUT2D eigenvalue weighted by Crippen LogP contribution is -2.38. The van der Waals surface area contributed by atoms with Crippen molar-refractivity contribution >= 4 is 0 Å². The third kappa shape index (κ3) is 4.66. The van der Waals surface area contributed by atoms with Crippen LogP contribution in [0.15, 0.2) is 83.9 Å². The molecule has 5 nitrogen and oxygen atoms in total. The standard InChI is InChI=1S/C26H27FN2O3/c1-19(20-3-5-21(6-4-20)22-7-12-25(31)28-17-22)29-15-14-26(32-18-29,13-2-16-30)23-8-10-24(27)11-9-23/h3-12,14-15,17,19,30H,2,13,16,18H2,1H3,(H,28,31)/t19-,26+/m0/s1. The summed E-state index contributed by atoms with van der Waals surface area (Å²) in [5, 5.41) is 9.34. The molecule has 2 atom stereocenters. The molecule has 0 aliphatic carbocycles. The van der Waals surface area contributed by atoms with E-state index in [1.807, 2.05) is 24.4 Å². The predicted molar refractivity (Wildman–Crippen MR) is 122 cm³/mol. The second-order valence-electron chi connectivity index (χ2n) is 8.07. The number of hydrogen-bond donors (Lipinski definition) is 2. The number of aliphatic hydroxyl groups is 1. The van der Waals surface area contributed by atoms with Crippen molar-refractivity contribution in [1.82, 2.24) is 9.88 Å². The van der Waals surface area contributed by atoms with Crippen LogP contribution in [0, 0.1) is 5.82 Å². The van der Waals surface area contributed by atoms with E-state index in [1.54, 1.807) is 24.4 Å². The zero-order valence-electron chi connectivity index (χ0n) is 18.0. The molecule has 0 unspecified atom stereocenters. The largest absolute Gasteiger partial charge is 0.396 e. The van der Waals surface area contributed by atoms with Gasteiger partial charge in [-0.3, -0.25) is 4.79 Å². The van der Waals surface area contributed by atoms with Crippen LogP contribution in [0.25, 0.3) is 11.1 Å². The highest BCUT2D eigenvalue weighted by Gasteiger charge is 2.34. The molecule has 0 radical (unpaired) electrons. The van der Waals surface area contributed by atoms with Gasteiger partial charge in [-0.2, -0.15) is 0 Å². The van der Waals surface area contributed by atoms with Crippen molar-refractivity contribution < 1.29 is 14.2 Å². The number of nitrogens with one attached hydrogen (secondary N) is 1. The number of aromatic amines is 1. The lowest BCUT2D eigenvalue weighted by atomic mass is 9.88. The van der Waals surface area contributed by atoms with Gasteiger partial charge in [-0.05, 0) is 66.3 Å².